The Kier molecular flexibility index (Phi) is 14.3. The van der Waals surface area contributed by atoms with Crippen LogP contribution in [-0.4, -0.2) is 31.8 Å². The van der Waals surface area contributed by atoms with E-state index in [2.05, 4.69) is 23.2 Å². The summed E-state index contributed by atoms with van der Waals surface area (Å²) in [5, 5.41) is 2.31. The van der Waals surface area contributed by atoms with E-state index in [-0.39, 0.29) is 13.2 Å². The highest BCUT2D eigenvalue weighted by Gasteiger charge is 2.06. The first kappa shape index (κ1) is 20.2. The molecule has 0 aromatic heterocycles. The van der Waals surface area contributed by atoms with Crippen LogP contribution >= 0.6 is 0 Å². The Morgan fingerprint density at radius 2 is 1.50 bits per heavy atom. The molecule has 0 spiro atoms. The number of rotatable bonds is 14. The highest BCUT2D eigenvalue weighted by atomic mass is 16.6. The van der Waals surface area contributed by atoms with E-state index in [4.69, 9.17) is 4.74 Å². The van der Waals surface area contributed by atoms with Gasteiger partial charge in [-0.25, -0.2) is 4.79 Å². The molecule has 0 aromatic carbocycles. The number of alkyl carbamates (subject to hydrolysis) is 1. The molecule has 5 nitrogen and oxygen atoms in total. The van der Waals surface area contributed by atoms with Crippen LogP contribution < -0.4 is 5.32 Å². The van der Waals surface area contributed by atoms with Crippen molar-refractivity contribution in [3.63, 3.8) is 0 Å². The van der Waals surface area contributed by atoms with Crippen LogP contribution in [0, 0.1) is 0 Å². The Bertz CT molecular complexity index is 329. The maximum Gasteiger partial charge on any atom is 0.407 e. The summed E-state index contributed by atoms with van der Waals surface area (Å²) in [4.78, 5) is 22.4. The summed E-state index contributed by atoms with van der Waals surface area (Å²) < 4.78 is 9.68. The number of esters is 1. The van der Waals surface area contributed by atoms with E-state index in [1.807, 2.05) is 6.08 Å². The zero-order valence-corrected chi connectivity index (χ0v) is 13.5. The summed E-state index contributed by atoms with van der Waals surface area (Å²) in [6, 6.07) is 0. The lowest BCUT2D eigenvalue weighted by atomic mass is 10.1. The molecule has 0 saturated carbocycles. The SMILES string of the molecule is C=CCCCCCCCCCOC(=O)CNC(=O)OCC=C. The monoisotopic (exact) mass is 311 g/mol. The van der Waals surface area contributed by atoms with Gasteiger partial charge in [0.25, 0.3) is 0 Å². The van der Waals surface area contributed by atoms with Crippen molar-refractivity contribution in [2.75, 3.05) is 19.8 Å². The molecule has 0 fully saturated rings. The first-order valence-corrected chi connectivity index (χ1v) is 7.98. The van der Waals surface area contributed by atoms with E-state index in [0.29, 0.717) is 6.61 Å². The molecule has 1 N–H and O–H groups in total. The normalized spacial score (nSPS) is 9.82. The minimum atomic E-state index is -0.645. The average molecular weight is 311 g/mol. The molecule has 0 aliphatic heterocycles. The van der Waals surface area contributed by atoms with Gasteiger partial charge in [0.15, 0.2) is 0 Å². The van der Waals surface area contributed by atoms with Gasteiger partial charge in [0.2, 0.25) is 0 Å². The summed E-state index contributed by atoms with van der Waals surface area (Å²) in [7, 11) is 0. The molecule has 0 radical (unpaired) electrons. The van der Waals surface area contributed by atoms with E-state index in [1.165, 1.54) is 31.8 Å². The third-order valence-electron chi connectivity index (χ3n) is 3.02. The molecule has 0 heterocycles. The molecule has 0 saturated heterocycles. The van der Waals surface area contributed by atoms with Crippen LogP contribution in [0.4, 0.5) is 4.79 Å². The van der Waals surface area contributed by atoms with Gasteiger partial charge in [0.1, 0.15) is 13.2 Å². The fourth-order valence-electron chi connectivity index (χ4n) is 1.84. The smallest absolute Gasteiger partial charge is 0.407 e. The quantitative estimate of drug-likeness (QED) is 0.301. The molecule has 0 aliphatic carbocycles. The van der Waals surface area contributed by atoms with Gasteiger partial charge in [0, 0.05) is 0 Å². The molecule has 0 bridgehead atoms. The molecule has 0 aliphatic rings. The predicted molar refractivity (Wildman–Crippen MR) is 87.6 cm³/mol. The van der Waals surface area contributed by atoms with Gasteiger partial charge in [-0.15, -0.1) is 6.58 Å². The molecule has 126 valence electrons. The summed E-state index contributed by atoms with van der Waals surface area (Å²) >= 11 is 0. The number of nitrogens with one attached hydrogen (secondary N) is 1. The molecular formula is C17H29NO4. The third-order valence-corrected chi connectivity index (χ3v) is 3.02. The van der Waals surface area contributed by atoms with E-state index in [1.54, 1.807) is 0 Å². The largest absolute Gasteiger partial charge is 0.464 e. The van der Waals surface area contributed by atoms with Gasteiger partial charge < -0.3 is 14.8 Å². The lowest BCUT2D eigenvalue weighted by Gasteiger charge is -2.06. The number of allylic oxidation sites excluding steroid dienone is 1. The van der Waals surface area contributed by atoms with Crippen LogP contribution in [0.2, 0.25) is 0 Å². The summed E-state index contributed by atoms with van der Waals surface area (Å²) in [5.41, 5.74) is 0. The highest BCUT2D eigenvalue weighted by molar-refractivity contribution is 5.77. The van der Waals surface area contributed by atoms with Crippen molar-refractivity contribution >= 4 is 12.1 Å². The highest BCUT2D eigenvalue weighted by Crippen LogP contribution is 2.08. The van der Waals surface area contributed by atoms with E-state index in [0.717, 1.165) is 25.7 Å². The van der Waals surface area contributed by atoms with Crippen LogP contribution in [0.15, 0.2) is 25.3 Å². The zero-order valence-electron chi connectivity index (χ0n) is 13.5. The molecule has 0 atom stereocenters. The maximum atomic E-state index is 11.3. The van der Waals surface area contributed by atoms with Crippen molar-refractivity contribution in [3.8, 4) is 0 Å². The second-order valence-corrected chi connectivity index (χ2v) is 5.01. The van der Waals surface area contributed by atoms with E-state index >= 15 is 0 Å². The molecule has 0 rings (SSSR count). The second kappa shape index (κ2) is 15.6. The number of ether oxygens (including phenoxy) is 2. The van der Waals surface area contributed by atoms with Crippen molar-refractivity contribution in [2.24, 2.45) is 0 Å². The third kappa shape index (κ3) is 14.6. The van der Waals surface area contributed by atoms with Crippen LogP contribution in [0.1, 0.15) is 51.4 Å². The van der Waals surface area contributed by atoms with Crippen LogP contribution in [0.5, 0.6) is 0 Å². The Morgan fingerprint density at radius 1 is 0.864 bits per heavy atom. The number of unbranched alkanes of at least 4 members (excludes halogenated alkanes) is 7. The van der Waals surface area contributed by atoms with Gasteiger partial charge in [-0.2, -0.15) is 0 Å². The zero-order chi connectivity index (χ0) is 16.5. The number of hydrogen-bond acceptors (Lipinski definition) is 4. The number of amides is 1. The molecule has 0 aromatic rings. The Balaban J connectivity index is 3.29. The van der Waals surface area contributed by atoms with E-state index in [9.17, 15) is 9.59 Å². The van der Waals surface area contributed by atoms with E-state index < -0.39 is 12.1 Å². The number of carbonyl (C=O) groups excluding carboxylic acids is 2. The van der Waals surface area contributed by atoms with Crippen LogP contribution in [0.3, 0.4) is 0 Å². The minimum absolute atomic E-state index is 0.120. The fourth-order valence-corrected chi connectivity index (χ4v) is 1.84. The minimum Gasteiger partial charge on any atom is -0.464 e. The Labute approximate surface area is 133 Å². The standard InChI is InChI=1S/C17H29NO4/c1-3-5-6-7-8-9-10-11-12-14-21-16(19)15-18-17(20)22-13-4-2/h3-4H,1-2,5-15H2,(H,18,20). The van der Waals surface area contributed by atoms with Gasteiger partial charge >= 0.3 is 12.1 Å². The number of carbonyl (C=O) groups is 2. The van der Waals surface area contributed by atoms with Crippen molar-refractivity contribution in [1.82, 2.24) is 5.32 Å². The molecular weight excluding hydrogens is 282 g/mol. The summed E-state index contributed by atoms with van der Waals surface area (Å²) in [6.07, 6.45) is 11.9. The molecule has 22 heavy (non-hydrogen) atoms. The van der Waals surface area contributed by atoms with Gasteiger partial charge in [-0.3, -0.25) is 4.79 Å². The van der Waals surface area contributed by atoms with Gasteiger partial charge in [-0.1, -0.05) is 50.8 Å². The lowest BCUT2D eigenvalue weighted by Crippen LogP contribution is -2.31. The second-order valence-electron chi connectivity index (χ2n) is 5.01. The Hall–Kier alpha value is -1.78. The van der Waals surface area contributed by atoms with Gasteiger partial charge in [-0.05, 0) is 19.3 Å². The van der Waals surface area contributed by atoms with Crippen molar-refractivity contribution in [2.45, 2.75) is 51.4 Å². The van der Waals surface area contributed by atoms with Crippen molar-refractivity contribution < 1.29 is 19.1 Å². The number of hydrogen-bond donors (Lipinski definition) is 1. The van der Waals surface area contributed by atoms with Crippen molar-refractivity contribution in [1.29, 1.82) is 0 Å². The fraction of sp³-hybridized carbons (Fsp3) is 0.647. The maximum absolute atomic E-state index is 11.3. The summed E-state index contributed by atoms with van der Waals surface area (Å²) in [6.45, 7) is 7.47. The molecule has 5 heteroatoms. The van der Waals surface area contributed by atoms with Crippen LogP contribution in [0.25, 0.3) is 0 Å². The molecule has 1 amide bonds. The topological polar surface area (TPSA) is 64.6 Å². The first-order chi connectivity index (χ1) is 10.7. The van der Waals surface area contributed by atoms with Crippen LogP contribution in [-0.2, 0) is 14.3 Å². The average Bonchev–Trinajstić information content (AvgIpc) is 2.52. The molecule has 0 unspecified atom stereocenters. The Morgan fingerprint density at radius 3 is 2.14 bits per heavy atom. The predicted octanol–water partition coefficient (Wildman–Crippen LogP) is 3.75. The lowest BCUT2D eigenvalue weighted by molar-refractivity contribution is -0.142. The van der Waals surface area contributed by atoms with Crippen molar-refractivity contribution in [3.05, 3.63) is 25.3 Å². The summed E-state index contributed by atoms with van der Waals surface area (Å²) in [5.74, 6) is -0.444. The first-order valence-electron chi connectivity index (χ1n) is 7.98. The van der Waals surface area contributed by atoms with Gasteiger partial charge in [0.05, 0.1) is 6.61 Å².